The Hall–Kier alpha value is -2.23. The van der Waals surface area contributed by atoms with Crippen LogP contribution in [0.5, 0.6) is 0 Å². The van der Waals surface area contributed by atoms with Gasteiger partial charge < -0.3 is 15.4 Å². The van der Waals surface area contributed by atoms with Crippen molar-refractivity contribution in [2.45, 2.75) is 6.54 Å². The van der Waals surface area contributed by atoms with Gasteiger partial charge in [0.1, 0.15) is 0 Å². The van der Waals surface area contributed by atoms with Crippen molar-refractivity contribution in [3.63, 3.8) is 0 Å². The molecule has 0 saturated carbocycles. The van der Waals surface area contributed by atoms with E-state index in [1.807, 2.05) is 24.5 Å². The molecule has 0 aliphatic heterocycles. The molecule has 2 aromatic rings. The number of H-pyrrole nitrogens is 1. The lowest BCUT2D eigenvalue weighted by Gasteiger charge is -2.04. The molecule has 0 aliphatic rings. The van der Waals surface area contributed by atoms with Crippen LogP contribution in [0.25, 0.3) is 0 Å². The van der Waals surface area contributed by atoms with Crippen LogP contribution < -0.4 is 5.32 Å². The number of benzene rings is 1. The maximum atomic E-state index is 10.8. The molecule has 16 heavy (non-hydrogen) atoms. The zero-order chi connectivity index (χ0) is 11.4. The van der Waals surface area contributed by atoms with Gasteiger partial charge in [-0.15, -0.1) is 0 Å². The van der Waals surface area contributed by atoms with Crippen LogP contribution in [0, 0.1) is 0 Å². The lowest BCUT2D eigenvalue weighted by molar-refractivity contribution is 0.0697. The van der Waals surface area contributed by atoms with E-state index in [9.17, 15) is 4.79 Å². The maximum Gasteiger partial charge on any atom is 0.335 e. The first-order valence-corrected chi connectivity index (χ1v) is 4.94. The fourth-order valence-corrected chi connectivity index (χ4v) is 1.45. The van der Waals surface area contributed by atoms with E-state index in [1.165, 1.54) is 0 Å². The Labute approximate surface area is 92.9 Å². The van der Waals surface area contributed by atoms with E-state index >= 15 is 0 Å². The molecule has 0 fully saturated rings. The van der Waals surface area contributed by atoms with Crippen LogP contribution in [-0.4, -0.2) is 16.1 Å². The molecule has 0 radical (unpaired) electrons. The van der Waals surface area contributed by atoms with Crippen LogP contribution in [0.2, 0.25) is 0 Å². The Morgan fingerprint density at radius 1 is 1.38 bits per heavy atom. The number of aromatic carboxylic acids is 1. The summed E-state index contributed by atoms with van der Waals surface area (Å²) in [5, 5.41) is 12.0. The summed E-state index contributed by atoms with van der Waals surface area (Å²) in [4.78, 5) is 13.7. The average Bonchev–Trinajstić information content (AvgIpc) is 2.79. The molecular weight excluding hydrogens is 204 g/mol. The molecule has 0 atom stereocenters. The van der Waals surface area contributed by atoms with Crippen molar-refractivity contribution < 1.29 is 9.90 Å². The first-order chi connectivity index (χ1) is 7.75. The van der Waals surface area contributed by atoms with Crippen LogP contribution in [0.1, 0.15) is 15.9 Å². The minimum Gasteiger partial charge on any atom is -0.478 e. The Kier molecular flexibility index (Phi) is 2.91. The van der Waals surface area contributed by atoms with Crippen LogP contribution >= 0.6 is 0 Å². The summed E-state index contributed by atoms with van der Waals surface area (Å²) < 4.78 is 0. The van der Waals surface area contributed by atoms with Crippen molar-refractivity contribution in [2.75, 3.05) is 5.32 Å². The van der Waals surface area contributed by atoms with Gasteiger partial charge in [0.2, 0.25) is 0 Å². The molecular formula is C12H12N2O2. The molecule has 0 spiro atoms. The van der Waals surface area contributed by atoms with E-state index in [-0.39, 0.29) is 0 Å². The predicted molar refractivity (Wildman–Crippen MR) is 61.5 cm³/mol. The highest BCUT2D eigenvalue weighted by molar-refractivity contribution is 5.87. The number of carbonyl (C=O) groups is 1. The first kappa shape index (κ1) is 10.3. The fraction of sp³-hybridized carbons (Fsp3) is 0.0833. The number of aromatic amines is 1. The van der Waals surface area contributed by atoms with Crippen LogP contribution in [0.4, 0.5) is 5.69 Å². The third kappa shape index (κ3) is 2.42. The number of hydrogen-bond acceptors (Lipinski definition) is 2. The molecule has 0 unspecified atom stereocenters. The quantitative estimate of drug-likeness (QED) is 0.734. The summed E-state index contributed by atoms with van der Waals surface area (Å²) in [7, 11) is 0. The summed E-state index contributed by atoms with van der Waals surface area (Å²) in [5.74, 6) is -0.900. The van der Waals surface area contributed by atoms with Gasteiger partial charge in [-0.3, -0.25) is 0 Å². The molecule has 0 amide bonds. The van der Waals surface area contributed by atoms with Gasteiger partial charge in [0.25, 0.3) is 0 Å². The van der Waals surface area contributed by atoms with Gasteiger partial charge in [-0.25, -0.2) is 4.79 Å². The summed E-state index contributed by atoms with van der Waals surface area (Å²) >= 11 is 0. The largest absolute Gasteiger partial charge is 0.478 e. The van der Waals surface area contributed by atoms with Crippen molar-refractivity contribution in [1.29, 1.82) is 0 Å². The highest BCUT2D eigenvalue weighted by atomic mass is 16.4. The number of carboxylic acid groups (broad SMARTS) is 1. The third-order valence-corrected chi connectivity index (χ3v) is 2.27. The van der Waals surface area contributed by atoms with Crippen LogP contribution in [0.15, 0.2) is 42.7 Å². The third-order valence-electron chi connectivity index (χ3n) is 2.27. The van der Waals surface area contributed by atoms with E-state index in [0.717, 1.165) is 11.3 Å². The standard InChI is InChI=1S/C12H12N2O2/c15-12(16)10-3-1-2-9(6-10)7-14-11-4-5-13-8-11/h1-6,8,13-14H,7H2,(H,15,16). The second-order valence-corrected chi connectivity index (χ2v) is 3.46. The summed E-state index contributed by atoms with van der Waals surface area (Å²) in [6.07, 6.45) is 3.68. The second kappa shape index (κ2) is 4.53. The fourth-order valence-electron chi connectivity index (χ4n) is 1.45. The van der Waals surface area contributed by atoms with Gasteiger partial charge in [0.15, 0.2) is 0 Å². The molecule has 1 aromatic heterocycles. The van der Waals surface area contributed by atoms with Crippen LogP contribution in [0.3, 0.4) is 0 Å². The Morgan fingerprint density at radius 2 is 2.25 bits per heavy atom. The Balaban J connectivity index is 2.04. The van der Waals surface area contributed by atoms with E-state index in [4.69, 9.17) is 5.11 Å². The zero-order valence-electron chi connectivity index (χ0n) is 8.60. The van der Waals surface area contributed by atoms with E-state index in [2.05, 4.69) is 10.3 Å². The molecule has 2 rings (SSSR count). The van der Waals surface area contributed by atoms with Gasteiger partial charge in [-0.2, -0.15) is 0 Å². The van der Waals surface area contributed by atoms with Crippen molar-refractivity contribution in [2.24, 2.45) is 0 Å². The highest BCUT2D eigenvalue weighted by Crippen LogP contribution is 2.09. The van der Waals surface area contributed by atoms with Crippen molar-refractivity contribution in [1.82, 2.24) is 4.98 Å². The normalized spacial score (nSPS) is 10.0. The second-order valence-electron chi connectivity index (χ2n) is 3.46. The first-order valence-electron chi connectivity index (χ1n) is 4.94. The van der Waals surface area contributed by atoms with Crippen molar-refractivity contribution >= 4 is 11.7 Å². The smallest absolute Gasteiger partial charge is 0.335 e. The SMILES string of the molecule is O=C(O)c1cccc(CNc2cc[nH]c2)c1. The highest BCUT2D eigenvalue weighted by Gasteiger charge is 2.02. The van der Waals surface area contributed by atoms with E-state index < -0.39 is 5.97 Å². The van der Waals surface area contributed by atoms with Crippen molar-refractivity contribution in [3.05, 3.63) is 53.9 Å². The molecule has 4 heteroatoms. The molecule has 0 aliphatic carbocycles. The lowest BCUT2D eigenvalue weighted by atomic mass is 10.1. The topological polar surface area (TPSA) is 65.1 Å². The predicted octanol–water partition coefficient (Wildman–Crippen LogP) is 2.33. The number of nitrogens with one attached hydrogen (secondary N) is 2. The van der Waals surface area contributed by atoms with Gasteiger partial charge in [-0.1, -0.05) is 12.1 Å². The maximum absolute atomic E-state index is 10.8. The summed E-state index contributed by atoms with van der Waals surface area (Å²) in [5.41, 5.74) is 2.25. The van der Waals surface area contributed by atoms with E-state index in [0.29, 0.717) is 12.1 Å². The minimum atomic E-state index is -0.900. The number of rotatable bonds is 4. The van der Waals surface area contributed by atoms with Gasteiger partial charge >= 0.3 is 5.97 Å². The number of hydrogen-bond donors (Lipinski definition) is 3. The lowest BCUT2D eigenvalue weighted by Crippen LogP contribution is -2.01. The van der Waals surface area contributed by atoms with Gasteiger partial charge in [0, 0.05) is 18.9 Å². The van der Waals surface area contributed by atoms with Crippen molar-refractivity contribution in [3.8, 4) is 0 Å². The summed E-state index contributed by atoms with van der Waals surface area (Å²) in [6, 6.07) is 8.81. The number of anilines is 1. The molecule has 82 valence electrons. The number of carboxylic acids is 1. The molecule has 1 heterocycles. The monoisotopic (exact) mass is 216 g/mol. The Morgan fingerprint density at radius 3 is 2.94 bits per heavy atom. The minimum absolute atomic E-state index is 0.313. The molecule has 0 saturated heterocycles. The molecule has 1 aromatic carbocycles. The van der Waals surface area contributed by atoms with E-state index in [1.54, 1.807) is 18.2 Å². The zero-order valence-corrected chi connectivity index (χ0v) is 8.60. The number of aromatic nitrogens is 1. The molecule has 3 N–H and O–H groups in total. The average molecular weight is 216 g/mol. The molecule has 0 bridgehead atoms. The van der Waals surface area contributed by atoms with Crippen LogP contribution in [-0.2, 0) is 6.54 Å². The molecule has 4 nitrogen and oxygen atoms in total. The van der Waals surface area contributed by atoms with Gasteiger partial charge in [0.05, 0.1) is 11.3 Å². The van der Waals surface area contributed by atoms with Gasteiger partial charge in [-0.05, 0) is 23.8 Å². The summed E-state index contributed by atoms with van der Waals surface area (Å²) in [6.45, 7) is 0.610. The Bertz CT molecular complexity index is 478.